The number of aliphatic hydroxyl groups excluding tert-OH is 10. The Morgan fingerprint density at radius 3 is 1.30 bits per heavy atom. The molecule has 37 heavy (non-hydrogen) atoms. The zero-order valence-corrected chi connectivity index (χ0v) is 20.3. The lowest BCUT2D eigenvalue weighted by Gasteiger charge is -2.40. The van der Waals surface area contributed by atoms with Crippen LogP contribution in [-0.2, 0) is 28.4 Å². The lowest BCUT2D eigenvalue weighted by Crippen LogP contribution is -2.60. The van der Waals surface area contributed by atoms with Crippen LogP contribution in [-0.4, -0.2) is 169 Å². The summed E-state index contributed by atoms with van der Waals surface area (Å²) in [5.74, 6) is -1.26. The van der Waals surface area contributed by atoms with Gasteiger partial charge in [0.1, 0.15) is 73.2 Å². The molecular weight excluding hydrogens is 508 g/mol. The van der Waals surface area contributed by atoms with Gasteiger partial charge in [-0.25, -0.2) is 0 Å². The van der Waals surface area contributed by atoms with Gasteiger partial charge in [-0.1, -0.05) is 0 Å². The van der Waals surface area contributed by atoms with Crippen LogP contribution < -0.4 is 0 Å². The zero-order chi connectivity index (χ0) is 27.7. The molecule has 0 radical (unpaired) electrons. The molecule has 16 nitrogen and oxygen atoms in total. The van der Waals surface area contributed by atoms with Crippen molar-refractivity contribution in [3.8, 4) is 0 Å². The maximum Gasteiger partial charge on any atom is 0.186 e. The average molecular weight is 547 g/mol. The van der Waals surface area contributed by atoms with Crippen molar-refractivity contribution in [2.75, 3.05) is 26.4 Å². The number of hydrogen-bond acceptors (Lipinski definition) is 16. The van der Waals surface area contributed by atoms with E-state index in [4.69, 9.17) is 28.4 Å². The van der Waals surface area contributed by atoms with Crippen molar-refractivity contribution in [3.63, 3.8) is 0 Å². The Hall–Kier alpha value is -0.640. The van der Waals surface area contributed by atoms with Gasteiger partial charge in [0, 0.05) is 0 Å². The summed E-state index contributed by atoms with van der Waals surface area (Å²) in [6.45, 7) is 0.646. The quantitative estimate of drug-likeness (QED) is 0.122. The van der Waals surface area contributed by atoms with Crippen molar-refractivity contribution in [1.29, 1.82) is 0 Å². The first-order valence-corrected chi connectivity index (χ1v) is 11.9. The minimum absolute atomic E-state index is 0.538. The molecule has 0 saturated carbocycles. The molecule has 14 atom stereocenters. The van der Waals surface area contributed by atoms with Gasteiger partial charge in [-0.05, 0) is 13.8 Å². The normalized spacial score (nSPS) is 46.1. The Bertz CT molecular complexity index is 652. The van der Waals surface area contributed by atoms with E-state index in [2.05, 4.69) is 0 Å². The smallest absolute Gasteiger partial charge is 0.186 e. The molecule has 0 spiro atoms. The molecule has 0 amide bonds. The zero-order valence-electron chi connectivity index (χ0n) is 20.3. The second kappa shape index (κ2) is 12.7. The molecule has 0 aliphatic carbocycles. The lowest BCUT2D eigenvalue weighted by molar-refractivity contribution is -0.308. The van der Waals surface area contributed by atoms with Crippen LogP contribution >= 0.6 is 0 Å². The summed E-state index contributed by atoms with van der Waals surface area (Å²) in [6, 6.07) is 0. The van der Waals surface area contributed by atoms with Crippen molar-refractivity contribution >= 4 is 0 Å². The van der Waals surface area contributed by atoms with Crippen LogP contribution in [0.15, 0.2) is 0 Å². The molecule has 10 N–H and O–H groups in total. The third kappa shape index (κ3) is 6.93. The van der Waals surface area contributed by atoms with Gasteiger partial charge in [0.2, 0.25) is 0 Å². The summed E-state index contributed by atoms with van der Waals surface area (Å²) in [4.78, 5) is 0. The molecule has 1 unspecified atom stereocenters. The minimum Gasteiger partial charge on any atom is -0.394 e. The van der Waals surface area contributed by atoms with E-state index in [0.717, 1.165) is 0 Å². The second-order valence-corrected chi connectivity index (χ2v) is 9.76. The first-order chi connectivity index (χ1) is 17.3. The highest BCUT2D eigenvalue weighted by Gasteiger charge is 2.50. The van der Waals surface area contributed by atoms with Crippen LogP contribution in [0.25, 0.3) is 0 Å². The standard InChI is InChI=1S/C21H38O16/c1-21(2)36-17(7(24)5-32-19-15(30)13(28)11(26)9(3-22)34-19)18(37-21)8(25)6-33-20-16(31)14(29)12(27)10(4-23)35-20/h7-20,22-31H,3-6H2,1-2H3/t7-,8-,9-,10-,11-,12-,13+,14+,15-,16-,17-,18-,19-,20?/m1/s1. The van der Waals surface area contributed by atoms with Crippen LogP contribution in [0, 0.1) is 0 Å². The minimum atomic E-state index is -1.68. The molecule has 0 aromatic rings. The number of rotatable bonds is 10. The highest BCUT2D eigenvalue weighted by atomic mass is 16.8. The largest absolute Gasteiger partial charge is 0.394 e. The van der Waals surface area contributed by atoms with Gasteiger partial charge in [-0.3, -0.25) is 0 Å². The molecule has 218 valence electrons. The Morgan fingerprint density at radius 2 is 0.973 bits per heavy atom. The molecule has 3 heterocycles. The van der Waals surface area contributed by atoms with E-state index in [0.29, 0.717) is 0 Å². The molecule has 3 aliphatic heterocycles. The maximum absolute atomic E-state index is 10.7. The van der Waals surface area contributed by atoms with Gasteiger partial charge in [-0.15, -0.1) is 0 Å². The summed E-state index contributed by atoms with van der Waals surface area (Å²) in [6.07, 6.45) is -20.6. The van der Waals surface area contributed by atoms with E-state index < -0.39 is 118 Å². The van der Waals surface area contributed by atoms with Gasteiger partial charge in [0.05, 0.1) is 26.4 Å². The van der Waals surface area contributed by atoms with Crippen molar-refractivity contribution < 1.29 is 79.5 Å². The van der Waals surface area contributed by atoms with Crippen molar-refractivity contribution in [2.24, 2.45) is 0 Å². The van der Waals surface area contributed by atoms with E-state index in [1.807, 2.05) is 0 Å². The van der Waals surface area contributed by atoms with E-state index in [1.165, 1.54) is 13.8 Å². The van der Waals surface area contributed by atoms with E-state index in [-0.39, 0.29) is 0 Å². The molecule has 3 fully saturated rings. The fourth-order valence-corrected chi connectivity index (χ4v) is 4.40. The monoisotopic (exact) mass is 546 g/mol. The van der Waals surface area contributed by atoms with Crippen LogP contribution in [0.5, 0.6) is 0 Å². The summed E-state index contributed by atoms with van der Waals surface area (Å²) in [5, 5.41) is 99.7. The van der Waals surface area contributed by atoms with Crippen molar-refractivity contribution in [3.05, 3.63) is 0 Å². The lowest BCUT2D eigenvalue weighted by atomic mass is 9.99. The summed E-state index contributed by atoms with van der Waals surface area (Å²) < 4.78 is 32.5. The van der Waals surface area contributed by atoms with Crippen LogP contribution in [0.4, 0.5) is 0 Å². The fraction of sp³-hybridized carbons (Fsp3) is 1.00. The highest BCUT2D eigenvalue weighted by molar-refractivity contribution is 4.93. The maximum atomic E-state index is 10.7. The summed E-state index contributed by atoms with van der Waals surface area (Å²) in [5.41, 5.74) is 0. The van der Waals surface area contributed by atoms with Gasteiger partial charge in [0.15, 0.2) is 18.4 Å². The third-order valence-electron chi connectivity index (χ3n) is 6.48. The number of ether oxygens (including phenoxy) is 6. The summed E-state index contributed by atoms with van der Waals surface area (Å²) >= 11 is 0. The highest BCUT2D eigenvalue weighted by Crippen LogP contribution is 2.33. The molecule has 16 heteroatoms. The molecule has 3 rings (SSSR count). The Morgan fingerprint density at radius 1 is 0.622 bits per heavy atom. The third-order valence-corrected chi connectivity index (χ3v) is 6.48. The Labute approximate surface area is 212 Å². The van der Waals surface area contributed by atoms with Gasteiger partial charge in [0.25, 0.3) is 0 Å². The molecule has 0 aromatic heterocycles. The van der Waals surface area contributed by atoms with Gasteiger partial charge in [-0.2, -0.15) is 0 Å². The Kier molecular flexibility index (Phi) is 10.6. The topological polar surface area (TPSA) is 258 Å². The molecule has 3 aliphatic rings. The molecule has 0 aromatic carbocycles. The Balaban J connectivity index is 1.59. The van der Waals surface area contributed by atoms with Crippen molar-refractivity contribution in [1.82, 2.24) is 0 Å². The first-order valence-electron chi connectivity index (χ1n) is 11.9. The SMILES string of the molecule is CC1(C)O[C@H]([C@H](O)COC2O[C@H](CO)[C@@H](O)[C@H](O)[C@H]2O)[C@@H]([C@H](O)CO[C@@H]2O[C@H](CO)[C@@H](O)[C@H](O)[C@H]2O)O1. The molecule has 0 bridgehead atoms. The predicted molar refractivity (Wildman–Crippen MR) is 115 cm³/mol. The molecular formula is C21H38O16. The second-order valence-electron chi connectivity index (χ2n) is 9.76. The van der Waals surface area contributed by atoms with E-state index in [1.54, 1.807) is 0 Å². The number of aliphatic hydroxyl groups is 10. The van der Waals surface area contributed by atoms with E-state index >= 15 is 0 Å². The predicted octanol–water partition coefficient (Wildman–Crippen LogP) is -6.14. The van der Waals surface area contributed by atoms with Crippen LogP contribution in [0.1, 0.15) is 13.8 Å². The first kappa shape index (κ1) is 30.9. The molecule has 3 saturated heterocycles. The van der Waals surface area contributed by atoms with Gasteiger partial charge < -0.3 is 79.5 Å². The van der Waals surface area contributed by atoms with Gasteiger partial charge >= 0.3 is 0 Å². The summed E-state index contributed by atoms with van der Waals surface area (Å²) in [7, 11) is 0. The fourth-order valence-electron chi connectivity index (χ4n) is 4.40. The van der Waals surface area contributed by atoms with Crippen LogP contribution in [0.3, 0.4) is 0 Å². The average Bonchev–Trinajstić information content (AvgIpc) is 3.20. The van der Waals surface area contributed by atoms with E-state index in [9.17, 15) is 51.1 Å². The van der Waals surface area contributed by atoms with Crippen molar-refractivity contribution in [2.45, 2.75) is 105 Å². The number of hydrogen-bond donors (Lipinski definition) is 10. The van der Waals surface area contributed by atoms with Crippen LogP contribution in [0.2, 0.25) is 0 Å².